The van der Waals surface area contributed by atoms with Gasteiger partial charge in [-0.15, -0.1) is 0 Å². The highest BCUT2D eigenvalue weighted by atomic mass is 16.5. The number of hydrogen-bond acceptors (Lipinski definition) is 3. The summed E-state index contributed by atoms with van der Waals surface area (Å²) >= 11 is 0. The summed E-state index contributed by atoms with van der Waals surface area (Å²) in [6.07, 6.45) is 2.36. The average Bonchev–Trinajstić information content (AvgIpc) is 3.17. The molecule has 2 aromatic carbocycles. The maximum atomic E-state index is 12.7. The fourth-order valence-corrected chi connectivity index (χ4v) is 3.67. The molecule has 134 valence electrons. The highest BCUT2D eigenvalue weighted by Gasteiger charge is 2.23. The molecule has 1 saturated heterocycles. The number of hydrogen-bond donors (Lipinski definition) is 1. The lowest BCUT2D eigenvalue weighted by atomic mass is 10.1. The third-order valence-electron chi connectivity index (χ3n) is 5.08. The lowest BCUT2D eigenvalue weighted by molar-refractivity contribution is -0.130. The van der Waals surface area contributed by atoms with Crippen molar-refractivity contribution >= 4 is 22.5 Å². The predicted molar refractivity (Wildman–Crippen MR) is 104 cm³/mol. The fraction of sp³-hybridized carbons (Fsp3) is 0.286. The third kappa shape index (κ3) is 3.12. The molecular weight excluding hydrogens is 326 g/mol. The van der Waals surface area contributed by atoms with Crippen LogP contribution >= 0.6 is 0 Å². The van der Waals surface area contributed by atoms with Gasteiger partial charge in [-0.05, 0) is 24.3 Å². The number of ether oxygens (including phenoxy) is 1. The lowest BCUT2D eigenvalue weighted by Gasteiger charge is -2.36. The summed E-state index contributed by atoms with van der Waals surface area (Å²) in [7, 11) is 1.64. The van der Waals surface area contributed by atoms with Gasteiger partial charge in [0.2, 0.25) is 5.91 Å². The van der Waals surface area contributed by atoms with Gasteiger partial charge >= 0.3 is 0 Å². The van der Waals surface area contributed by atoms with Gasteiger partial charge in [0.15, 0.2) is 0 Å². The van der Waals surface area contributed by atoms with E-state index in [-0.39, 0.29) is 5.91 Å². The van der Waals surface area contributed by atoms with E-state index in [0.717, 1.165) is 43.0 Å². The van der Waals surface area contributed by atoms with Gasteiger partial charge in [0, 0.05) is 54.5 Å². The van der Waals surface area contributed by atoms with Gasteiger partial charge in [0.05, 0.1) is 13.5 Å². The molecule has 1 aliphatic heterocycles. The maximum absolute atomic E-state index is 12.7. The van der Waals surface area contributed by atoms with Crippen molar-refractivity contribution in [3.05, 3.63) is 60.3 Å². The smallest absolute Gasteiger partial charge is 0.227 e. The van der Waals surface area contributed by atoms with Crippen molar-refractivity contribution in [2.75, 3.05) is 38.2 Å². The Morgan fingerprint density at radius 1 is 1.04 bits per heavy atom. The molecule has 0 bridgehead atoms. The average molecular weight is 349 g/mol. The zero-order valence-electron chi connectivity index (χ0n) is 14.9. The Bertz CT molecular complexity index is 910. The molecule has 1 aromatic heterocycles. The Labute approximate surface area is 153 Å². The Kier molecular flexibility index (Phi) is 4.52. The second-order valence-electron chi connectivity index (χ2n) is 6.57. The SMILES string of the molecule is COc1ccccc1CC(=O)N1CCN(c2cccc3[nH]ccc23)CC1. The molecule has 26 heavy (non-hydrogen) atoms. The quantitative estimate of drug-likeness (QED) is 0.787. The number of benzene rings is 2. The second-order valence-corrected chi connectivity index (χ2v) is 6.57. The van der Waals surface area contributed by atoms with Gasteiger partial charge in [0.25, 0.3) is 0 Å². The first kappa shape index (κ1) is 16.5. The largest absolute Gasteiger partial charge is 0.496 e. The van der Waals surface area contributed by atoms with Crippen LogP contribution in [0.4, 0.5) is 5.69 Å². The van der Waals surface area contributed by atoms with Crippen LogP contribution in [0.25, 0.3) is 10.9 Å². The van der Waals surface area contributed by atoms with E-state index in [0.29, 0.717) is 6.42 Å². The molecule has 4 rings (SSSR count). The molecular formula is C21H23N3O2. The second kappa shape index (κ2) is 7.12. The summed E-state index contributed by atoms with van der Waals surface area (Å²) in [6, 6.07) is 16.2. The zero-order chi connectivity index (χ0) is 17.9. The van der Waals surface area contributed by atoms with Crippen molar-refractivity contribution in [2.45, 2.75) is 6.42 Å². The first-order valence-electron chi connectivity index (χ1n) is 8.97. The van der Waals surface area contributed by atoms with Crippen LogP contribution < -0.4 is 9.64 Å². The summed E-state index contributed by atoms with van der Waals surface area (Å²) in [5.41, 5.74) is 3.33. The number of methoxy groups -OCH3 is 1. The Hall–Kier alpha value is -2.95. The Morgan fingerprint density at radius 3 is 2.65 bits per heavy atom. The molecule has 1 amide bonds. The number of nitrogens with one attached hydrogen (secondary N) is 1. The van der Waals surface area contributed by atoms with E-state index in [1.165, 1.54) is 11.1 Å². The summed E-state index contributed by atoms with van der Waals surface area (Å²) in [6.45, 7) is 3.19. The van der Waals surface area contributed by atoms with Crippen LogP contribution in [0, 0.1) is 0 Å². The van der Waals surface area contributed by atoms with Gasteiger partial charge in [-0.1, -0.05) is 24.3 Å². The number of para-hydroxylation sites is 1. The van der Waals surface area contributed by atoms with Crippen LogP contribution in [0.5, 0.6) is 5.75 Å². The van der Waals surface area contributed by atoms with Crippen LogP contribution in [0.2, 0.25) is 0 Å². The molecule has 1 aliphatic rings. The number of fused-ring (bicyclic) bond motifs is 1. The van der Waals surface area contributed by atoms with Gasteiger partial charge in [-0.2, -0.15) is 0 Å². The lowest BCUT2D eigenvalue weighted by Crippen LogP contribution is -2.49. The molecule has 0 aliphatic carbocycles. The van der Waals surface area contributed by atoms with Crippen molar-refractivity contribution in [1.29, 1.82) is 0 Å². The van der Waals surface area contributed by atoms with E-state index in [1.54, 1.807) is 7.11 Å². The van der Waals surface area contributed by atoms with Crippen LogP contribution in [-0.4, -0.2) is 49.1 Å². The van der Waals surface area contributed by atoms with Gasteiger partial charge < -0.3 is 19.5 Å². The first-order chi connectivity index (χ1) is 12.8. The summed E-state index contributed by atoms with van der Waals surface area (Å²) < 4.78 is 5.36. The molecule has 1 fully saturated rings. The Morgan fingerprint density at radius 2 is 1.85 bits per heavy atom. The van der Waals surface area contributed by atoms with E-state index in [1.807, 2.05) is 35.4 Å². The normalized spacial score (nSPS) is 14.7. The Balaban J connectivity index is 1.42. The number of nitrogens with zero attached hydrogens (tertiary/aromatic N) is 2. The first-order valence-corrected chi connectivity index (χ1v) is 8.97. The number of aromatic nitrogens is 1. The van der Waals surface area contributed by atoms with Crippen molar-refractivity contribution in [1.82, 2.24) is 9.88 Å². The molecule has 0 unspecified atom stereocenters. The van der Waals surface area contributed by atoms with E-state index in [4.69, 9.17) is 4.74 Å². The summed E-state index contributed by atoms with van der Waals surface area (Å²) in [4.78, 5) is 20.3. The summed E-state index contributed by atoms with van der Waals surface area (Å²) in [5, 5.41) is 1.24. The maximum Gasteiger partial charge on any atom is 0.227 e. The van der Waals surface area contributed by atoms with Crippen LogP contribution in [-0.2, 0) is 11.2 Å². The number of carbonyl (C=O) groups is 1. The monoisotopic (exact) mass is 349 g/mol. The molecule has 2 heterocycles. The molecule has 0 spiro atoms. The number of piperazine rings is 1. The number of aromatic amines is 1. The number of amides is 1. The van der Waals surface area contributed by atoms with Crippen molar-refractivity contribution in [3.8, 4) is 5.75 Å². The van der Waals surface area contributed by atoms with Crippen molar-refractivity contribution < 1.29 is 9.53 Å². The molecule has 0 atom stereocenters. The van der Waals surface area contributed by atoms with Gasteiger partial charge in [-0.3, -0.25) is 4.79 Å². The number of rotatable bonds is 4. The molecule has 1 N–H and O–H groups in total. The van der Waals surface area contributed by atoms with Crippen molar-refractivity contribution in [2.24, 2.45) is 0 Å². The fourth-order valence-electron chi connectivity index (χ4n) is 3.67. The number of carbonyl (C=O) groups excluding carboxylic acids is 1. The van der Waals surface area contributed by atoms with E-state index < -0.39 is 0 Å². The van der Waals surface area contributed by atoms with Crippen LogP contribution in [0.1, 0.15) is 5.56 Å². The van der Waals surface area contributed by atoms with Crippen LogP contribution in [0.15, 0.2) is 54.7 Å². The molecule has 3 aromatic rings. The number of H-pyrrole nitrogens is 1. The number of anilines is 1. The molecule has 0 radical (unpaired) electrons. The molecule has 0 saturated carbocycles. The molecule has 5 nitrogen and oxygen atoms in total. The zero-order valence-corrected chi connectivity index (χ0v) is 14.9. The van der Waals surface area contributed by atoms with E-state index in [2.05, 4.69) is 34.1 Å². The van der Waals surface area contributed by atoms with Crippen LogP contribution in [0.3, 0.4) is 0 Å². The predicted octanol–water partition coefficient (Wildman–Crippen LogP) is 3.07. The standard InChI is InChI=1S/C21H23N3O2/c1-26-20-8-3-2-5-16(20)15-21(25)24-13-11-23(12-14-24)19-7-4-6-18-17(19)9-10-22-18/h2-10,22H,11-15H2,1H3. The minimum absolute atomic E-state index is 0.161. The van der Waals surface area contributed by atoms with E-state index in [9.17, 15) is 4.79 Å². The van der Waals surface area contributed by atoms with Gasteiger partial charge in [-0.25, -0.2) is 0 Å². The minimum atomic E-state index is 0.161. The molecule has 5 heteroatoms. The third-order valence-corrected chi connectivity index (χ3v) is 5.08. The van der Waals surface area contributed by atoms with Crippen molar-refractivity contribution in [3.63, 3.8) is 0 Å². The summed E-state index contributed by atoms with van der Waals surface area (Å²) in [5.74, 6) is 0.938. The van der Waals surface area contributed by atoms with Gasteiger partial charge in [0.1, 0.15) is 5.75 Å². The topological polar surface area (TPSA) is 48.6 Å². The minimum Gasteiger partial charge on any atom is -0.496 e. The van der Waals surface area contributed by atoms with E-state index >= 15 is 0 Å². The highest BCUT2D eigenvalue weighted by Crippen LogP contribution is 2.27. The highest BCUT2D eigenvalue weighted by molar-refractivity contribution is 5.92.